The summed E-state index contributed by atoms with van der Waals surface area (Å²) in [6.07, 6.45) is 1.17. The molecule has 0 spiro atoms. The molecule has 0 aliphatic heterocycles. The summed E-state index contributed by atoms with van der Waals surface area (Å²) >= 11 is 0. The Hall–Kier alpha value is -4.53. The van der Waals surface area contributed by atoms with E-state index < -0.39 is 10.5 Å². The number of ether oxygens (including phenoxy) is 1. The molecule has 0 aliphatic rings. The third-order valence-electron chi connectivity index (χ3n) is 4.47. The van der Waals surface area contributed by atoms with Crippen LogP contribution in [-0.4, -0.2) is 25.9 Å². The Balaban J connectivity index is 1.77. The smallest absolute Gasteiger partial charge is 0.282 e. The van der Waals surface area contributed by atoms with Crippen molar-refractivity contribution < 1.29 is 14.8 Å². The van der Waals surface area contributed by atoms with Crippen molar-refractivity contribution in [3.05, 3.63) is 105 Å². The van der Waals surface area contributed by atoms with E-state index in [9.17, 15) is 20.0 Å². The molecule has 31 heavy (non-hydrogen) atoms. The second-order valence-electron chi connectivity index (χ2n) is 6.51. The van der Waals surface area contributed by atoms with Gasteiger partial charge in [-0.05, 0) is 30.3 Å². The second kappa shape index (κ2) is 8.46. The van der Waals surface area contributed by atoms with Gasteiger partial charge in [-0.2, -0.15) is 9.78 Å². The molecule has 1 heterocycles. The Morgan fingerprint density at radius 1 is 1.10 bits per heavy atom. The van der Waals surface area contributed by atoms with Crippen LogP contribution < -0.4 is 10.3 Å². The maximum Gasteiger partial charge on any atom is 0.282 e. The second-order valence-corrected chi connectivity index (χ2v) is 6.51. The summed E-state index contributed by atoms with van der Waals surface area (Å²) in [5, 5.41) is 25.5. The van der Waals surface area contributed by atoms with Crippen molar-refractivity contribution in [1.29, 1.82) is 0 Å². The molecular weight excluding hydrogens is 400 g/mol. The minimum absolute atomic E-state index is 0.0393. The Bertz CT molecular complexity index is 1350. The van der Waals surface area contributed by atoms with Crippen LogP contribution in [0.15, 0.2) is 82.7 Å². The summed E-state index contributed by atoms with van der Waals surface area (Å²) in [5.41, 5.74) is -0.0673. The Labute approximate surface area is 175 Å². The topological polar surface area (TPSA) is 120 Å². The maximum absolute atomic E-state index is 13.0. The minimum Gasteiger partial charge on any atom is -0.507 e. The van der Waals surface area contributed by atoms with Crippen molar-refractivity contribution in [2.75, 3.05) is 0 Å². The fourth-order valence-corrected chi connectivity index (χ4v) is 2.93. The summed E-state index contributed by atoms with van der Waals surface area (Å²) in [7, 11) is 0. The first-order chi connectivity index (χ1) is 15.0. The van der Waals surface area contributed by atoms with Gasteiger partial charge in [0, 0.05) is 17.7 Å². The van der Waals surface area contributed by atoms with Gasteiger partial charge in [0.25, 0.3) is 11.2 Å². The first-order valence-electron chi connectivity index (χ1n) is 9.23. The van der Waals surface area contributed by atoms with E-state index in [2.05, 4.69) is 10.1 Å². The van der Waals surface area contributed by atoms with E-state index in [-0.39, 0.29) is 29.4 Å². The van der Waals surface area contributed by atoms with Gasteiger partial charge < -0.3 is 9.84 Å². The zero-order valence-electron chi connectivity index (χ0n) is 16.1. The number of nitro benzene ring substituents is 1. The molecule has 0 saturated carbocycles. The zero-order chi connectivity index (χ0) is 21.8. The summed E-state index contributed by atoms with van der Waals surface area (Å²) in [5.74, 6) is 0.615. The highest BCUT2D eigenvalue weighted by Crippen LogP contribution is 2.21. The van der Waals surface area contributed by atoms with Crippen LogP contribution in [0, 0.1) is 10.1 Å². The zero-order valence-corrected chi connectivity index (χ0v) is 16.1. The van der Waals surface area contributed by atoms with E-state index in [4.69, 9.17) is 4.74 Å². The number of aromatic nitrogens is 2. The fourth-order valence-electron chi connectivity index (χ4n) is 2.93. The summed E-state index contributed by atoms with van der Waals surface area (Å²) in [6.45, 7) is -0.0393. The first kappa shape index (κ1) is 19.8. The summed E-state index contributed by atoms with van der Waals surface area (Å²) < 4.78 is 6.79. The number of hydrogen-bond donors (Lipinski definition) is 1. The highest BCUT2D eigenvalue weighted by molar-refractivity contribution is 5.84. The van der Waals surface area contributed by atoms with Gasteiger partial charge in [-0.25, -0.2) is 4.98 Å². The van der Waals surface area contributed by atoms with Gasteiger partial charge in [0.15, 0.2) is 5.82 Å². The van der Waals surface area contributed by atoms with Crippen LogP contribution in [0.5, 0.6) is 11.5 Å². The predicted molar refractivity (Wildman–Crippen MR) is 115 cm³/mol. The number of fused-ring (bicyclic) bond motifs is 1. The van der Waals surface area contributed by atoms with Gasteiger partial charge in [-0.15, -0.1) is 0 Å². The Morgan fingerprint density at radius 2 is 1.84 bits per heavy atom. The maximum atomic E-state index is 13.0. The minimum atomic E-state index is -0.584. The number of benzene rings is 3. The predicted octanol–water partition coefficient (Wildman–Crippen LogP) is 3.47. The number of non-ortho nitro benzene ring substituents is 1. The average Bonchev–Trinajstić information content (AvgIpc) is 2.79. The molecule has 0 amide bonds. The molecule has 4 rings (SSSR count). The number of hydrogen-bond acceptors (Lipinski definition) is 7. The molecule has 4 aromatic rings. The standard InChI is InChI=1S/C22H16N4O5/c27-20-11-10-16(26(29)30)12-15(20)13-23-25-21(14-31-17-6-2-1-3-7-17)24-19-9-5-4-8-18(19)22(25)28/h1-13,27H,14H2/b23-13-. The highest BCUT2D eigenvalue weighted by atomic mass is 16.6. The molecule has 1 aromatic heterocycles. The number of nitro groups is 1. The van der Waals surface area contributed by atoms with E-state index in [0.717, 1.165) is 4.68 Å². The van der Waals surface area contributed by atoms with E-state index in [1.54, 1.807) is 36.4 Å². The quantitative estimate of drug-likeness (QED) is 0.292. The molecule has 9 heteroatoms. The molecule has 0 radical (unpaired) electrons. The number of para-hydroxylation sites is 2. The Kier molecular flexibility index (Phi) is 5.39. The lowest BCUT2D eigenvalue weighted by molar-refractivity contribution is -0.384. The van der Waals surface area contributed by atoms with Crippen molar-refractivity contribution in [1.82, 2.24) is 9.66 Å². The van der Waals surface area contributed by atoms with Crippen LogP contribution in [0.25, 0.3) is 10.9 Å². The van der Waals surface area contributed by atoms with Gasteiger partial charge in [-0.1, -0.05) is 30.3 Å². The number of aromatic hydroxyl groups is 1. The monoisotopic (exact) mass is 416 g/mol. The van der Waals surface area contributed by atoms with Crippen LogP contribution in [0.4, 0.5) is 5.69 Å². The molecule has 154 valence electrons. The van der Waals surface area contributed by atoms with E-state index in [1.165, 1.54) is 24.4 Å². The van der Waals surface area contributed by atoms with Crippen molar-refractivity contribution >= 4 is 22.8 Å². The summed E-state index contributed by atoms with van der Waals surface area (Å²) in [4.78, 5) is 27.9. The highest BCUT2D eigenvalue weighted by Gasteiger charge is 2.13. The molecule has 3 aromatic carbocycles. The van der Waals surface area contributed by atoms with Gasteiger partial charge in [0.1, 0.15) is 18.1 Å². The number of phenolic OH excluding ortho intramolecular Hbond substituents is 1. The molecule has 0 aliphatic carbocycles. The third kappa shape index (κ3) is 4.25. The van der Waals surface area contributed by atoms with E-state index in [1.807, 2.05) is 18.2 Å². The number of rotatable bonds is 6. The van der Waals surface area contributed by atoms with Crippen molar-refractivity contribution in [2.24, 2.45) is 5.10 Å². The van der Waals surface area contributed by atoms with Gasteiger partial charge >= 0.3 is 0 Å². The van der Waals surface area contributed by atoms with Crippen molar-refractivity contribution in [3.8, 4) is 11.5 Å². The van der Waals surface area contributed by atoms with Gasteiger partial charge in [0.2, 0.25) is 0 Å². The normalized spacial score (nSPS) is 11.1. The Morgan fingerprint density at radius 3 is 2.61 bits per heavy atom. The van der Waals surface area contributed by atoms with Gasteiger partial charge in [-0.3, -0.25) is 14.9 Å². The van der Waals surface area contributed by atoms with Crippen LogP contribution in [0.3, 0.4) is 0 Å². The summed E-state index contributed by atoms with van der Waals surface area (Å²) in [6, 6.07) is 19.4. The van der Waals surface area contributed by atoms with Gasteiger partial charge in [0.05, 0.1) is 22.0 Å². The lowest BCUT2D eigenvalue weighted by atomic mass is 10.2. The fraction of sp³-hybridized carbons (Fsp3) is 0.0455. The van der Waals surface area contributed by atoms with E-state index >= 15 is 0 Å². The molecule has 9 nitrogen and oxygen atoms in total. The van der Waals surface area contributed by atoms with E-state index in [0.29, 0.717) is 16.7 Å². The van der Waals surface area contributed by atoms with Crippen LogP contribution in [0.1, 0.15) is 11.4 Å². The van der Waals surface area contributed by atoms with Crippen molar-refractivity contribution in [3.63, 3.8) is 0 Å². The molecule has 0 saturated heterocycles. The molecule has 0 atom stereocenters. The third-order valence-corrected chi connectivity index (χ3v) is 4.47. The first-order valence-corrected chi connectivity index (χ1v) is 9.23. The lowest BCUT2D eigenvalue weighted by Gasteiger charge is -2.10. The number of phenols is 1. The molecule has 0 bridgehead atoms. The van der Waals surface area contributed by atoms with Crippen LogP contribution in [-0.2, 0) is 6.61 Å². The molecule has 1 N–H and O–H groups in total. The molecular formula is C22H16N4O5. The van der Waals surface area contributed by atoms with Crippen molar-refractivity contribution in [2.45, 2.75) is 6.61 Å². The average molecular weight is 416 g/mol. The molecule has 0 fully saturated rings. The lowest BCUT2D eigenvalue weighted by Crippen LogP contribution is -2.23. The molecule has 0 unspecified atom stereocenters. The van der Waals surface area contributed by atoms with Crippen LogP contribution >= 0.6 is 0 Å². The number of nitrogens with zero attached hydrogens (tertiary/aromatic N) is 4. The van der Waals surface area contributed by atoms with Crippen LogP contribution in [0.2, 0.25) is 0 Å². The largest absolute Gasteiger partial charge is 0.507 e. The SMILES string of the molecule is O=c1c2ccccc2nc(COc2ccccc2)n1/N=C\c1cc([N+](=O)[O-])ccc1O.